The standard InChI is InChI=1S/C48H34N2/c1-2-14-34(15-3-1)43-20-12-13-33-48(43,35-25-29-37(30-26-35)49-44-21-8-4-16-39(44)40-17-5-9-22-45(40)49)36-27-31-38(32-28-36)50-46-23-10-6-18-41(46)42-19-7-11-24-47(42)50/h1-32H,33H2. The molecule has 2 heteroatoms. The van der Waals surface area contributed by atoms with Crippen molar-refractivity contribution in [3.8, 4) is 11.4 Å². The molecule has 0 atom stereocenters. The van der Waals surface area contributed by atoms with Crippen molar-refractivity contribution in [1.29, 1.82) is 0 Å². The van der Waals surface area contributed by atoms with Gasteiger partial charge >= 0.3 is 0 Å². The lowest BCUT2D eigenvalue weighted by Crippen LogP contribution is -2.30. The molecule has 1 aliphatic rings. The Kier molecular flexibility index (Phi) is 6.50. The zero-order valence-electron chi connectivity index (χ0n) is 27.6. The van der Waals surface area contributed by atoms with Crippen molar-refractivity contribution in [3.05, 3.63) is 211 Å². The van der Waals surface area contributed by atoms with Gasteiger partial charge in [0.1, 0.15) is 0 Å². The van der Waals surface area contributed by atoms with Crippen molar-refractivity contribution < 1.29 is 0 Å². The highest BCUT2D eigenvalue weighted by atomic mass is 15.0. The van der Waals surface area contributed by atoms with Crippen LogP contribution in [-0.2, 0) is 5.41 Å². The quantitative estimate of drug-likeness (QED) is 0.178. The van der Waals surface area contributed by atoms with Gasteiger partial charge in [0, 0.05) is 38.3 Å². The first-order valence-electron chi connectivity index (χ1n) is 17.4. The summed E-state index contributed by atoms with van der Waals surface area (Å²) in [5.41, 5.74) is 12.0. The number of para-hydroxylation sites is 4. The number of hydrogen-bond donors (Lipinski definition) is 0. The van der Waals surface area contributed by atoms with Crippen LogP contribution >= 0.6 is 0 Å². The van der Waals surface area contributed by atoms with Gasteiger partial charge in [0.15, 0.2) is 0 Å². The molecule has 0 bridgehead atoms. The van der Waals surface area contributed by atoms with E-state index in [1.165, 1.54) is 77.2 Å². The largest absolute Gasteiger partial charge is 0.309 e. The van der Waals surface area contributed by atoms with Crippen molar-refractivity contribution >= 4 is 49.2 Å². The van der Waals surface area contributed by atoms with Crippen LogP contribution in [0.3, 0.4) is 0 Å². The Morgan fingerprint density at radius 1 is 0.380 bits per heavy atom. The summed E-state index contributed by atoms with van der Waals surface area (Å²) in [5.74, 6) is 0. The Bertz CT molecular complexity index is 2490. The Hall–Kier alpha value is -6.38. The summed E-state index contributed by atoms with van der Waals surface area (Å²) in [6, 6.07) is 64.4. The summed E-state index contributed by atoms with van der Waals surface area (Å²) in [6.45, 7) is 0. The van der Waals surface area contributed by atoms with Crippen LogP contribution in [0, 0.1) is 0 Å². The minimum absolute atomic E-state index is 0.366. The van der Waals surface area contributed by atoms with E-state index in [2.05, 4.69) is 203 Å². The molecule has 0 spiro atoms. The molecule has 0 amide bonds. The molecule has 0 fully saturated rings. The number of nitrogens with zero attached hydrogens (tertiary/aromatic N) is 2. The lowest BCUT2D eigenvalue weighted by atomic mass is 9.63. The van der Waals surface area contributed by atoms with Crippen LogP contribution in [-0.4, -0.2) is 9.13 Å². The van der Waals surface area contributed by atoms with Gasteiger partial charge in [-0.3, -0.25) is 0 Å². The molecule has 0 unspecified atom stereocenters. The van der Waals surface area contributed by atoms with E-state index >= 15 is 0 Å². The molecular weight excluding hydrogens is 605 g/mol. The van der Waals surface area contributed by atoms with Crippen LogP contribution in [0.5, 0.6) is 0 Å². The number of hydrogen-bond acceptors (Lipinski definition) is 0. The molecule has 50 heavy (non-hydrogen) atoms. The third kappa shape index (κ3) is 4.22. The van der Waals surface area contributed by atoms with Gasteiger partial charge in [-0.25, -0.2) is 0 Å². The molecule has 2 nitrogen and oxygen atoms in total. The normalized spacial score (nSPS) is 14.1. The van der Waals surface area contributed by atoms with Gasteiger partial charge in [0.2, 0.25) is 0 Å². The average molecular weight is 639 g/mol. The van der Waals surface area contributed by atoms with Crippen molar-refractivity contribution in [2.75, 3.05) is 0 Å². The zero-order chi connectivity index (χ0) is 33.1. The van der Waals surface area contributed by atoms with E-state index in [0.29, 0.717) is 0 Å². The fourth-order valence-electron chi connectivity index (χ4n) is 8.53. The van der Waals surface area contributed by atoms with Gasteiger partial charge in [-0.1, -0.05) is 146 Å². The van der Waals surface area contributed by atoms with Crippen molar-refractivity contribution in [2.24, 2.45) is 0 Å². The summed E-state index contributed by atoms with van der Waals surface area (Å²) in [4.78, 5) is 0. The molecule has 2 aromatic heterocycles. The topological polar surface area (TPSA) is 9.86 Å². The van der Waals surface area contributed by atoms with E-state index in [4.69, 9.17) is 0 Å². The van der Waals surface area contributed by atoms with Crippen LogP contribution < -0.4 is 0 Å². The van der Waals surface area contributed by atoms with Gasteiger partial charge in [0.05, 0.1) is 22.1 Å². The van der Waals surface area contributed by atoms with Gasteiger partial charge in [-0.05, 0) is 77.2 Å². The van der Waals surface area contributed by atoms with E-state index in [0.717, 1.165) is 6.42 Å². The maximum Gasteiger partial charge on any atom is 0.0541 e. The number of aromatic nitrogens is 2. The monoisotopic (exact) mass is 638 g/mol. The fraction of sp³-hybridized carbons (Fsp3) is 0.0417. The zero-order valence-corrected chi connectivity index (χ0v) is 27.6. The van der Waals surface area contributed by atoms with Crippen LogP contribution in [0.15, 0.2) is 194 Å². The summed E-state index contributed by atoms with van der Waals surface area (Å²) in [6.07, 6.45) is 7.74. The fourth-order valence-corrected chi connectivity index (χ4v) is 8.53. The Labute approximate surface area is 291 Å². The highest BCUT2D eigenvalue weighted by molar-refractivity contribution is 6.10. The van der Waals surface area contributed by atoms with Gasteiger partial charge < -0.3 is 9.13 Å². The van der Waals surface area contributed by atoms with Gasteiger partial charge in [-0.15, -0.1) is 0 Å². The second-order valence-electron chi connectivity index (χ2n) is 13.3. The Balaban J connectivity index is 1.15. The second kappa shape index (κ2) is 11.4. The first-order valence-corrected chi connectivity index (χ1v) is 17.4. The van der Waals surface area contributed by atoms with E-state index in [1.807, 2.05) is 0 Å². The molecule has 236 valence electrons. The highest BCUT2D eigenvalue weighted by Gasteiger charge is 2.39. The molecule has 9 aromatic rings. The SMILES string of the molecule is C1=CCC(c2ccc(-n3c4ccccc4c4ccccc43)cc2)(c2ccc(-n3c4ccccc4c4ccccc43)cc2)C(c2ccccc2)=C1. The van der Waals surface area contributed by atoms with Gasteiger partial charge in [-0.2, -0.15) is 0 Å². The van der Waals surface area contributed by atoms with Crippen LogP contribution in [0.4, 0.5) is 0 Å². The van der Waals surface area contributed by atoms with Crippen LogP contribution in [0.25, 0.3) is 60.6 Å². The molecule has 0 aliphatic heterocycles. The Morgan fingerprint density at radius 2 is 0.760 bits per heavy atom. The summed E-state index contributed by atoms with van der Waals surface area (Å²) in [7, 11) is 0. The minimum atomic E-state index is -0.366. The predicted octanol–water partition coefficient (Wildman–Crippen LogP) is 12.2. The molecule has 0 radical (unpaired) electrons. The average Bonchev–Trinajstić information content (AvgIpc) is 3.72. The molecule has 1 aliphatic carbocycles. The van der Waals surface area contributed by atoms with E-state index in [1.54, 1.807) is 0 Å². The third-order valence-corrected chi connectivity index (χ3v) is 10.8. The first-order chi connectivity index (χ1) is 24.8. The number of benzene rings is 7. The summed E-state index contributed by atoms with van der Waals surface area (Å²) >= 11 is 0. The molecule has 0 saturated heterocycles. The summed E-state index contributed by atoms with van der Waals surface area (Å²) in [5, 5.41) is 5.11. The molecule has 2 heterocycles. The molecule has 10 rings (SSSR count). The van der Waals surface area contributed by atoms with Crippen molar-refractivity contribution in [1.82, 2.24) is 9.13 Å². The minimum Gasteiger partial charge on any atom is -0.309 e. The van der Waals surface area contributed by atoms with Crippen molar-refractivity contribution in [2.45, 2.75) is 11.8 Å². The summed E-state index contributed by atoms with van der Waals surface area (Å²) < 4.78 is 4.80. The predicted molar refractivity (Wildman–Crippen MR) is 211 cm³/mol. The molecule has 7 aromatic carbocycles. The smallest absolute Gasteiger partial charge is 0.0541 e. The van der Waals surface area contributed by atoms with Gasteiger partial charge in [0.25, 0.3) is 0 Å². The molecular formula is C48H34N2. The molecule has 0 N–H and O–H groups in total. The second-order valence-corrected chi connectivity index (χ2v) is 13.3. The van der Waals surface area contributed by atoms with E-state index < -0.39 is 0 Å². The maximum atomic E-state index is 2.40. The van der Waals surface area contributed by atoms with Crippen LogP contribution in [0.1, 0.15) is 23.1 Å². The highest BCUT2D eigenvalue weighted by Crippen LogP contribution is 2.49. The van der Waals surface area contributed by atoms with Crippen molar-refractivity contribution in [3.63, 3.8) is 0 Å². The lowest BCUT2D eigenvalue weighted by Gasteiger charge is -2.39. The molecule has 0 saturated carbocycles. The van der Waals surface area contributed by atoms with E-state index in [-0.39, 0.29) is 5.41 Å². The number of fused-ring (bicyclic) bond motifs is 6. The number of allylic oxidation sites excluding steroid dienone is 4. The Morgan fingerprint density at radius 3 is 1.18 bits per heavy atom. The lowest BCUT2D eigenvalue weighted by molar-refractivity contribution is 0.668. The van der Waals surface area contributed by atoms with Crippen LogP contribution in [0.2, 0.25) is 0 Å². The first kappa shape index (κ1) is 28.6. The maximum absolute atomic E-state index is 2.40. The number of rotatable bonds is 5. The third-order valence-electron chi connectivity index (χ3n) is 10.8. The van der Waals surface area contributed by atoms with E-state index in [9.17, 15) is 0 Å².